The van der Waals surface area contributed by atoms with E-state index in [1.54, 1.807) is 11.5 Å². The molecule has 0 atom stereocenters. The lowest BCUT2D eigenvalue weighted by Crippen LogP contribution is -2.24. The summed E-state index contributed by atoms with van der Waals surface area (Å²) in [5.41, 5.74) is 2.12. The highest BCUT2D eigenvalue weighted by Gasteiger charge is 2.13. The van der Waals surface area contributed by atoms with Gasteiger partial charge in [0.15, 0.2) is 5.16 Å². The standard InChI is InChI=1S/C19H22N2O2S/c1-14(22)13-24-19-20-17-10-6-5-9-16(17)18(23)21(19)12-11-15-7-3-2-4-8-15/h5-7,9-10H,2-4,8,11-13H2,1H3. The van der Waals surface area contributed by atoms with Gasteiger partial charge >= 0.3 is 0 Å². The van der Waals surface area contributed by atoms with Gasteiger partial charge in [0.25, 0.3) is 5.56 Å². The van der Waals surface area contributed by atoms with Gasteiger partial charge in [0.2, 0.25) is 0 Å². The van der Waals surface area contributed by atoms with E-state index in [2.05, 4.69) is 11.1 Å². The van der Waals surface area contributed by atoms with Gasteiger partial charge in [-0.3, -0.25) is 14.2 Å². The van der Waals surface area contributed by atoms with Crippen molar-refractivity contribution in [3.05, 3.63) is 46.3 Å². The van der Waals surface area contributed by atoms with E-state index in [0.717, 1.165) is 19.3 Å². The lowest BCUT2D eigenvalue weighted by molar-refractivity contribution is -0.114. The molecule has 2 aromatic rings. The Kier molecular flexibility index (Phi) is 5.51. The maximum absolute atomic E-state index is 12.9. The molecule has 0 fully saturated rings. The quantitative estimate of drug-likeness (QED) is 0.453. The van der Waals surface area contributed by atoms with Crippen LogP contribution in [-0.2, 0) is 11.3 Å². The minimum absolute atomic E-state index is 0.0111. The molecule has 0 bridgehead atoms. The SMILES string of the molecule is CC(=O)CSc1nc2ccccc2c(=O)n1CCC1=CCCCC1. The van der Waals surface area contributed by atoms with Crippen molar-refractivity contribution in [2.45, 2.75) is 50.7 Å². The van der Waals surface area contributed by atoms with E-state index < -0.39 is 0 Å². The Labute approximate surface area is 146 Å². The van der Waals surface area contributed by atoms with Crippen LogP contribution in [0.15, 0.2) is 45.9 Å². The van der Waals surface area contributed by atoms with E-state index in [9.17, 15) is 9.59 Å². The molecule has 24 heavy (non-hydrogen) atoms. The first-order valence-electron chi connectivity index (χ1n) is 8.45. The highest BCUT2D eigenvalue weighted by molar-refractivity contribution is 7.99. The number of ketones is 1. The summed E-state index contributed by atoms with van der Waals surface area (Å²) >= 11 is 1.35. The fraction of sp³-hybridized carbons (Fsp3) is 0.421. The van der Waals surface area contributed by atoms with Gasteiger partial charge in [-0.05, 0) is 51.2 Å². The zero-order valence-corrected chi connectivity index (χ0v) is 14.8. The second-order valence-electron chi connectivity index (χ2n) is 6.22. The van der Waals surface area contributed by atoms with Crippen LogP contribution in [0.25, 0.3) is 10.9 Å². The Balaban J connectivity index is 1.94. The van der Waals surface area contributed by atoms with Crippen molar-refractivity contribution < 1.29 is 4.79 Å². The highest BCUT2D eigenvalue weighted by atomic mass is 32.2. The minimum atomic E-state index is -0.0111. The average molecular weight is 342 g/mol. The number of fused-ring (bicyclic) bond motifs is 1. The molecule has 126 valence electrons. The van der Waals surface area contributed by atoms with E-state index in [0.29, 0.717) is 28.4 Å². The summed E-state index contributed by atoms with van der Waals surface area (Å²) in [6.07, 6.45) is 7.97. The molecule has 0 aliphatic heterocycles. The number of thioether (sulfide) groups is 1. The number of benzene rings is 1. The molecule has 3 rings (SSSR count). The van der Waals surface area contributed by atoms with Crippen LogP contribution in [0, 0.1) is 0 Å². The predicted octanol–water partition coefficient (Wildman–Crippen LogP) is 3.97. The first-order valence-corrected chi connectivity index (χ1v) is 9.43. The largest absolute Gasteiger partial charge is 0.299 e. The molecule has 0 unspecified atom stereocenters. The van der Waals surface area contributed by atoms with Gasteiger partial charge in [0.05, 0.1) is 16.7 Å². The number of allylic oxidation sites excluding steroid dienone is 2. The van der Waals surface area contributed by atoms with Crippen molar-refractivity contribution >= 4 is 28.4 Å². The van der Waals surface area contributed by atoms with Gasteiger partial charge in [-0.1, -0.05) is 35.5 Å². The average Bonchev–Trinajstić information content (AvgIpc) is 2.60. The molecule has 0 saturated carbocycles. The summed E-state index contributed by atoms with van der Waals surface area (Å²) in [4.78, 5) is 28.8. The molecule has 1 heterocycles. The Morgan fingerprint density at radius 1 is 1.29 bits per heavy atom. The zero-order valence-electron chi connectivity index (χ0n) is 14.0. The topological polar surface area (TPSA) is 52.0 Å². The Morgan fingerprint density at radius 3 is 2.88 bits per heavy atom. The van der Waals surface area contributed by atoms with Gasteiger partial charge in [0, 0.05) is 6.54 Å². The molecule has 1 aromatic heterocycles. The third-order valence-electron chi connectivity index (χ3n) is 4.27. The molecule has 1 aromatic carbocycles. The molecular weight excluding hydrogens is 320 g/mol. The number of nitrogens with zero attached hydrogens (tertiary/aromatic N) is 2. The maximum Gasteiger partial charge on any atom is 0.262 e. The molecule has 1 aliphatic rings. The molecule has 5 heteroatoms. The summed E-state index contributed by atoms with van der Waals surface area (Å²) in [7, 11) is 0. The van der Waals surface area contributed by atoms with Crippen LogP contribution in [0.5, 0.6) is 0 Å². The van der Waals surface area contributed by atoms with Crippen LogP contribution >= 0.6 is 11.8 Å². The van der Waals surface area contributed by atoms with Crippen LogP contribution in [-0.4, -0.2) is 21.1 Å². The third-order valence-corrected chi connectivity index (χ3v) is 5.39. The number of carbonyl (C=O) groups is 1. The Bertz CT molecular complexity index is 839. The number of hydrogen-bond acceptors (Lipinski definition) is 4. The maximum atomic E-state index is 12.9. The fourth-order valence-electron chi connectivity index (χ4n) is 3.01. The molecular formula is C19H22N2O2S. The normalized spacial score (nSPS) is 14.6. The van der Waals surface area contributed by atoms with Crippen molar-refractivity contribution in [3.63, 3.8) is 0 Å². The van der Waals surface area contributed by atoms with Crippen molar-refractivity contribution in [2.75, 3.05) is 5.75 Å². The first kappa shape index (κ1) is 17.0. The zero-order chi connectivity index (χ0) is 16.9. The summed E-state index contributed by atoms with van der Waals surface area (Å²) in [5.74, 6) is 0.428. The molecule has 0 N–H and O–H groups in total. The highest BCUT2D eigenvalue weighted by Crippen LogP contribution is 2.22. The van der Waals surface area contributed by atoms with Gasteiger partial charge in [-0.15, -0.1) is 0 Å². The van der Waals surface area contributed by atoms with Crippen molar-refractivity contribution in [1.82, 2.24) is 9.55 Å². The van der Waals surface area contributed by atoms with Gasteiger partial charge in [-0.25, -0.2) is 4.98 Å². The number of aromatic nitrogens is 2. The third kappa shape index (κ3) is 3.96. The minimum Gasteiger partial charge on any atom is -0.299 e. The molecule has 4 nitrogen and oxygen atoms in total. The number of rotatable bonds is 6. The molecule has 0 spiro atoms. The number of para-hydroxylation sites is 1. The van der Waals surface area contributed by atoms with Crippen LogP contribution in [0.3, 0.4) is 0 Å². The van der Waals surface area contributed by atoms with Crippen molar-refractivity contribution in [1.29, 1.82) is 0 Å². The fourth-order valence-corrected chi connectivity index (χ4v) is 3.83. The number of hydrogen-bond donors (Lipinski definition) is 0. The lowest BCUT2D eigenvalue weighted by Gasteiger charge is -2.16. The van der Waals surface area contributed by atoms with Crippen LogP contribution in [0.1, 0.15) is 39.0 Å². The van der Waals surface area contributed by atoms with E-state index >= 15 is 0 Å². The van der Waals surface area contributed by atoms with E-state index in [-0.39, 0.29) is 11.3 Å². The van der Waals surface area contributed by atoms with Crippen molar-refractivity contribution in [3.8, 4) is 0 Å². The van der Waals surface area contributed by atoms with Crippen LogP contribution < -0.4 is 5.56 Å². The summed E-state index contributed by atoms with van der Waals surface area (Å²) in [5, 5.41) is 1.28. The van der Waals surface area contributed by atoms with E-state index in [1.165, 1.54) is 30.2 Å². The summed E-state index contributed by atoms with van der Waals surface area (Å²) in [6.45, 7) is 2.19. The predicted molar refractivity (Wildman–Crippen MR) is 98.6 cm³/mol. The lowest BCUT2D eigenvalue weighted by atomic mass is 9.97. The van der Waals surface area contributed by atoms with Crippen LogP contribution in [0.4, 0.5) is 0 Å². The smallest absolute Gasteiger partial charge is 0.262 e. The molecule has 0 amide bonds. The monoisotopic (exact) mass is 342 g/mol. The number of Topliss-reactive ketones (excluding diaryl/α,β-unsaturated/α-hetero) is 1. The van der Waals surface area contributed by atoms with E-state index in [1.807, 2.05) is 24.3 Å². The van der Waals surface area contributed by atoms with Gasteiger partial charge in [-0.2, -0.15) is 0 Å². The Morgan fingerprint density at radius 2 is 2.12 bits per heavy atom. The second kappa shape index (κ2) is 7.79. The van der Waals surface area contributed by atoms with Crippen molar-refractivity contribution in [2.24, 2.45) is 0 Å². The summed E-state index contributed by atoms with van der Waals surface area (Å²) < 4.78 is 1.74. The van der Waals surface area contributed by atoms with E-state index in [4.69, 9.17) is 0 Å². The summed E-state index contributed by atoms with van der Waals surface area (Å²) in [6, 6.07) is 7.41. The molecule has 0 radical (unpaired) electrons. The molecule has 0 saturated heterocycles. The number of carbonyl (C=O) groups excluding carboxylic acids is 1. The second-order valence-corrected chi connectivity index (χ2v) is 7.16. The first-order chi connectivity index (χ1) is 11.6. The van der Waals surface area contributed by atoms with Gasteiger partial charge in [0.1, 0.15) is 5.78 Å². The van der Waals surface area contributed by atoms with Gasteiger partial charge < -0.3 is 0 Å². The van der Waals surface area contributed by atoms with Crippen LogP contribution in [0.2, 0.25) is 0 Å². The molecule has 1 aliphatic carbocycles. The Hall–Kier alpha value is -1.88.